The summed E-state index contributed by atoms with van der Waals surface area (Å²) in [6, 6.07) is 4.53. The molecule has 1 aromatic carbocycles. The molecule has 0 saturated heterocycles. The van der Waals surface area contributed by atoms with E-state index in [0.717, 1.165) is 4.31 Å². The average molecular weight is 350 g/mol. The summed E-state index contributed by atoms with van der Waals surface area (Å²) in [5.41, 5.74) is 1.10. The third-order valence-electron chi connectivity index (χ3n) is 3.59. The Bertz CT molecular complexity index is 1070. The van der Waals surface area contributed by atoms with E-state index in [0.29, 0.717) is 28.2 Å². The van der Waals surface area contributed by atoms with E-state index >= 15 is 0 Å². The van der Waals surface area contributed by atoms with Crippen LogP contribution in [0.4, 0.5) is 0 Å². The number of hydrogen-bond donors (Lipinski definition) is 2. The number of fused-ring (bicyclic) bond motifs is 1. The van der Waals surface area contributed by atoms with Gasteiger partial charge >= 0.3 is 5.56 Å². The van der Waals surface area contributed by atoms with Crippen molar-refractivity contribution in [3.63, 3.8) is 0 Å². The van der Waals surface area contributed by atoms with Crippen LogP contribution in [0.25, 0.3) is 22.4 Å². The third-order valence-corrected chi connectivity index (χ3v) is 5.40. The van der Waals surface area contributed by atoms with Crippen molar-refractivity contribution in [3.8, 4) is 17.1 Å². The minimum absolute atomic E-state index is 0.115. The Morgan fingerprint density at radius 1 is 1.29 bits per heavy atom. The molecule has 0 bridgehead atoms. The highest BCUT2D eigenvalue weighted by atomic mass is 32.2. The Balaban J connectivity index is 2.17. The molecule has 0 aliphatic rings. The van der Waals surface area contributed by atoms with Gasteiger partial charge in [0.25, 0.3) is 5.82 Å². The van der Waals surface area contributed by atoms with Gasteiger partial charge in [0.15, 0.2) is 5.52 Å². The van der Waals surface area contributed by atoms with Gasteiger partial charge in [-0.15, -0.1) is 0 Å². The number of hydrogen-bond acceptors (Lipinski definition) is 5. The van der Waals surface area contributed by atoms with Crippen molar-refractivity contribution in [1.29, 1.82) is 0 Å². The summed E-state index contributed by atoms with van der Waals surface area (Å²) in [4.78, 5) is 17.9. The second kappa shape index (κ2) is 5.73. The van der Waals surface area contributed by atoms with Crippen LogP contribution < -0.4 is 15.3 Å². The van der Waals surface area contributed by atoms with Crippen LogP contribution in [-0.2, 0) is 10.0 Å². The van der Waals surface area contributed by atoms with E-state index in [2.05, 4.69) is 20.2 Å². The molecule has 2 heterocycles. The molecule has 0 saturated carbocycles. The molecular formula is C14H16N5O4S+. The predicted molar refractivity (Wildman–Crippen MR) is 86.1 cm³/mol. The lowest BCUT2D eigenvalue weighted by Gasteiger charge is -2.13. The molecule has 9 nitrogen and oxygen atoms in total. The third kappa shape index (κ3) is 2.55. The van der Waals surface area contributed by atoms with Crippen LogP contribution >= 0.6 is 0 Å². The molecule has 0 amide bonds. The summed E-state index contributed by atoms with van der Waals surface area (Å²) in [5.74, 6) is 0.860. The lowest BCUT2D eigenvalue weighted by atomic mass is 10.2. The number of sulfonamides is 1. The highest BCUT2D eigenvalue weighted by molar-refractivity contribution is 7.89. The lowest BCUT2D eigenvalue weighted by molar-refractivity contribution is -0.331. The molecule has 3 N–H and O–H groups in total. The number of nitrogens with one attached hydrogen (secondary N) is 3. The number of nitrogens with zero attached hydrogens (tertiary/aromatic N) is 2. The van der Waals surface area contributed by atoms with E-state index in [9.17, 15) is 13.2 Å². The zero-order valence-electron chi connectivity index (χ0n) is 13.2. The molecule has 0 unspecified atom stereocenters. The minimum Gasteiger partial charge on any atom is -0.496 e. The Labute approximate surface area is 137 Å². The Hall–Kier alpha value is -2.72. The van der Waals surface area contributed by atoms with Crippen molar-refractivity contribution in [3.05, 3.63) is 34.7 Å². The summed E-state index contributed by atoms with van der Waals surface area (Å²) in [6.45, 7) is 0. The molecule has 0 aliphatic carbocycles. The molecule has 0 fully saturated rings. The van der Waals surface area contributed by atoms with Crippen molar-refractivity contribution in [2.45, 2.75) is 4.90 Å². The quantitative estimate of drug-likeness (QED) is 0.685. The largest absolute Gasteiger partial charge is 0.496 e. The van der Waals surface area contributed by atoms with E-state index in [1.807, 2.05) is 0 Å². The van der Waals surface area contributed by atoms with Gasteiger partial charge in [-0.1, -0.05) is 0 Å². The first-order valence-electron chi connectivity index (χ1n) is 6.94. The van der Waals surface area contributed by atoms with Crippen LogP contribution in [0.1, 0.15) is 0 Å². The molecule has 2 aromatic heterocycles. The normalized spacial score (nSPS) is 12.0. The summed E-state index contributed by atoms with van der Waals surface area (Å²) in [6.07, 6.45) is 1.48. The summed E-state index contributed by atoms with van der Waals surface area (Å²) < 4.78 is 30.9. The van der Waals surface area contributed by atoms with Gasteiger partial charge in [-0.3, -0.25) is 4.79 Å². The Morgan fingerprint density at radius 2 is 2.04 bits per heavy atom. The van der Waals surface area contributed by atoms with Gasteiger partial charge in [0.05, 0.1) is 18.2 Å². The number of aromatic nitrogens is 4. The van der Waals surface area contributed by atoms with Gasteiger partial charge in [0.1, 0.15) is 11.3 Å². The van der Waals surface area contributed by atoms with Gasteiger partial charge in [0, 0.05) is 20.2 Å². The number of aromatic amines is 3. The van der Waals surface area contributed by atoms with E-state index in [-0.39, 0.29) is 10.5 Å². The topological polar surface area (TPSA) is 122 Å². The van der Waals surface area contributed by atoms with Crippen molar-refractivity contribution in [1.82, 2.24) is 19.5 Å². The Kier molecular flexibility index (Phi) is 3.85. The summed E-state index contributed by atoms with van der Waals surface area (Å²) >= 11 is 0. The molecule has 0 radical (unpaired) electrons. The first kappa shape index (κ1) is 16.1. The van der Waals surface area contributed by atoms with Gasteiger partial charge in [-0.25, -0.2) is 27.8 Å². The van der Waals surface area contributed by atoms with E-state index in [1.54, 1.807) is 6.07 Å². The number of benzene rings is 1. The van der Waals surface area contributed by atoms with Crippen LogP contribution in [0.15, 0.2) is 34.1 Å². The maximum absolute atomic E-state index is 12.2. The second-order valence-electron chi connectivity index (χ2n) is 5.26. The van der Waals surface area contributed by atoms with Crippen molar-refractivity contribution >= 4 is 21.1 Å². The van der Waals surface area contributed by atoms with Crippen LogP contribution in [0, 0.1) is 0 Å². The summed E-state index contributed by atoms with van der Waals surface area (Å²) in [7, 11) is 0.792. The first-order valence-corrected chi connectivity index (χ1v) is 8.38. The highest BCUT2D eigenvalue weighted by Crippen LogP contribution is 2.30. The van der Waals surface area contributed by atoms with E-state index < -0.39 is 10.0 Å². The zero-order valence-corrected chi connectivity index (χ0v) is 14.1. The molecule has 24 heavy (non-hydrogen) atoms. The summed E-state index contributed by atoms with van der Waals surface area (Å²) in [5, 5.41) is 6.06. The van der Waals surface area contributed by atoms with Crippen molar-refractivity contribution in [2.75, 3.05) is 21.2 Å². The molecule has 3 aromatic rings. The van der Waals surface area contributed by atoms with Crippen LogP contribution in [0.3, 0.4) is 0 Å². The fraction of sp³-hybridized carbons (Fsp3) is 0.214. The van der Waals surface area contributed by atoms with Gasteiger partial charge < -0.3 is 4.74 Å². The molecular weight excluding hydrogens is 334 g/mol. The molecule has 126 valence electrons. The SMILES string of the molecule is COc1cc(S(=O)(=O)N(C)C)ccc1-c1[nH]c2cn[nH]c(=O)c2[nH+]1. The highest BCUT2D eigenvalue weighted by Gasteiger charge is 2.23. The van der Waals surface area contributed by atoms with E-state index in [1.165, 1.54) is 39.5 Å². The Morgan fingerprint density at radius 3 is 2.67 bits per heavy atom. The first-order chi connectivity index (χ1) is 11.3. The number of H-pyrrole nitrogens is 3. The van der Waals surface area contributed by atoms with Crippen LogP contribution in [-0.4, -0.2) is 49.1 Å². The number of ether oxygens (including phenoxy) is 1. The van der Waals surface area contributed by atoms with Gasteiger partial charge in [-0.2, -0.15) is 5.10 Å². The van der Waals surface area contributed by atoms with Gasteiger partial charge in [0.2, 0.25) is 15.5 Å². The fourth-order valence-corrected chi connectivity index (χ4v) is 3.21. The average Bonchev–Trinajstić information content (AvgIpc) is 2.99. The van der Waals surface area contributed by atoms with Crippen molar-refractivity contribution < 1.29 is 18.1 Å². The number of imidazole rings is 1. The predicted octanol–water partition coefficient (Wildman–Crippen LogP) is -0.00880. The fourth-order valence-electron chi connectivity index (χ4n) is 2.29. The number of rotatable bonds is 4. The minimum atomic E-state index is -3.57. The molecule has 10 heteroatoms. The van der Waals surface area contributed by atoms with Gasteiger partial charge in [-0.05, 0) is 12.1 Å². The monoisotopic (exact) mass is 350 g/mol. The van der Waals surface area contributed by atoms with Crippen LogP contribution in [0.2, 0.25) is 0 Å². The molecule has 0 spiro atoms. The van der Waals surface area contributed by atoms with Crippen molar-refractivity contribution in [2.24, 2.45) is 0 Å². The number of methoxy groups -OCH3 is 1. The standard InChI is InChI=1S/C14H15N5O4S/c1-19(2)24(21,22)8-4-5-9(11(6-8)23-3)13-16-10-7-15-18-14(20)12(10)17-13/h4-7H,1-3H3,(H,16,17)(H,18,20)/p+1. The maximum Gasteiger partial charge on any atom is 0.315 e. The zero-order chi connectivity index (χ0) is 17.5. The molecule has 0 atom stereocenters. The molecule has 0 aliphatic heterocycles. The lowest BCUT2D eigenvalue weighted by Crippen LogP contribution is -2.22. The molecule has 3 rings (SSSR count). The van der Waals surface area contributed by atoms with Crippen LogP contribution in [0.5, 0.6) is 5.75 Å². The second-order valence-corrected chi connectivity index (χ2v) is 7.41. The maximum atomic E-state index is 12.2. The smallest absolute Gasteiger partial charge is 0.315 e. The van der Waals surface area contributed by atoms with E-state index in [4.69, 9.17) is 4.74 Å².